The van der Waals surface area contributed by atoms with E-state index in [0.29, 0.717) is 19.6 Å². The molecule has 0 saturated heterocycles. The Morgan fingerprint density at radius 1 is 1.39 bits per heavy atom. The van der Waals surface area contributed by atoms with Crippen LogP contribution in [0.2, 0.25) is 0 Å². The summed E-state index contributed by atoms with van der Waals surface area (Å²) < 4.78 is 5.46. The van der Waals surface area contributed by atoms with Gasteiger partial charge in [0.15, 0.2) is 0 Å². The molecule has 1 rings (SSSR count). The largest absolute Gasteiger partial charge is 0.494 e. The van der Waals surface area contributed by atoms with Crippen molar-refractivity contribution in [2.45, 2.75) is 39.7 Å². The van der Waals surface area contributed by atoms with E-state index in [1.54, 1.807) is 0 Å². The first-order valence-electron chi connectivity index (χ1n) is 6.46. The van der Waals surface area contributed by atoms with Crippen LogP contribution < -0.4 is 15.8 Å². The molecule has 0 atom stereocenters. The molecule has 18 heavy (non-hydrogen) atoms. The molecule has 0 aliphatic carbocycles. The van der Waals surface area contributed by atoms with E-state index in [1.165, 1.54) is 0 Å². The van der Waals surface area contributed by atoms with Gasteiger partial charge >= 0.3 is 0 Å². The molecule has 3 N–H and O–H groups in total. The fourth-order valence-corrected chi connectivity index (χ4v) is 1.67. The van der Waals surface area contributed by atoms with Crippen molar-refractivity contribution >= 4 is 11.6 Å². The lowest BCUT2D eigenvalue weighted by Gasteiger charge is -2.11. The minimum atomic E-state index is 0.0454. The van der Waals surface area contributed by atoms with Crippen molar-refractivity contribution < 1.29 is 9.53 Å². The highest BCUT2D eigenvalue weighted by Crippen LogP contribution is 2.22. The van der Waals surface area contributed by atoms with E-state index in [4.69, 9.17) is 10.5 Å². The number of nitrogens with two attached hydrogens (primary N) is 1. The number of amides is 1. The highest BCUT2D eigenvalue weighted by molar-refractivity contribution is 5.90. The minimum absolute atomic E-state index is 0.0454. The Morgan fingerprint density at radius 3 is 2.78 bits per heavy atom. The molecule has 0 aromatic heterocycles. The second-order valence-corrected chi connectivity index (χ2v) is 4.11. The lowest BCUT2D eigenvalue weighted by molar-refractivity contribution is -0.116. The first-order valence-corrected chi connectivity index (χ1v) is 6.46. The molecule has 0 aliphatic heterocycles. The first kappa shape index (κ1) is 14.5. The van der Waals surface area contributed by atoms with Crippen LogP contribution in [-0.2, 0) is 11.3 Å². The maximum atomic E-state index is 11.6. The van der Waals surface area contributed by atoms with Crippen LogP contribution >= 0.6 is 0 Å². The van der Waals surface area contributed by atoms with E-state index in [0.717, 1.165) is 29.8 Å². The van der Waals surface area contributed by atoms with E-state index in [2.05, 4.69) is 12.2 Å². The summed E-state index contributed by atoms with van der Waals surface area (Å²) in [5, 5.41) is 2.87. The number of anilines is 1. The van der Waals surface area contributed by atoms with Gasteiger partial charge in [-0.15, -0.1) is 0 Å². The molecular formula is C14H22N2O2. The Labute approximate surface area is 109 Å². The van der Waals surface area contributed by atoms with Crippen molar-refractivity contribution in [1.29, 1.82) is 0 Å². The highest BCUT2D eigenvalue weighted by atomic mass is 16.5. The van der Waals surface area contributed by atoms with Crippen molar-refractivity contribution in [1.82, 2.24) is 0 Å². The molecule has 1 aromatic carbocycles. The molecule has 0 unspecified atom stereocenters. The van der Waals surface area contributed by atoms with Crippen molar-refractivity contribution in [3.8, 4) is 5.75 Å². The number of hydrogen-bond donors (Lipinski definition) is 2. The number of nitrogens with one attached hydrogen (secondary N) is 1. The summed E-state index contributed by atoms with van der Waals surface area (Å²) in [6.07, 6.45) is 2.49. The van der Waals surface area contributed by atoms with Crippen LogP contribution in [0.25, 0.3) is 0 Å². The van der Waals surface area contributed by atoms with Gasteiger partial charge in [-0.1, -0.05) is 13.3 Å². The average molecular weight is 250 g/mol. The van der Waals surface area contributed by atoms with Crippen molar-refractivity contribution in [3.63, 3.8) is 0 Å². The van der Waals surface area contributed by atoms with Gasteiger partial charge < -0.3 is 15.8 Å². The molecule has 0 fully saturated rings. The number of benzene rings is 1. The van der Waals surface area contributed by atoms with Crippen molar-refractivity contribution in [2.75, 3.05) is 11.9 Å². The van der Waals surface area contributed by atoms with Crippen LogP contribution in [0.15, 0.2) is 18.2 Å². The molecular weight excluding hydrogens is 228 g/mol. The Kier molecular flexibility index (Phi) is 6.22. The van der Waals surface area contributed by atoms with E-state index >= 15 is 0 Å². The van der Waals surface area contributed by atoms with Crippen molar-refractivity contribution in [3.05, 3.63) is 23.8 Å². The third-order valence-corrected chi connectivity index (χ3v) is 2.62. The standard InChI is InChI=1S/C14H22N2O2/c1-3-5-6-14(17)16-12-7-8-13(18-4-2)11(9-12)10-15/h7-9H,3-6,10,15H2,1-2H3,(H,16,17). The molecule has 0 aliphatic rings. The van der Waals surface area contributed by atoms with Gasteiger partial charge in [0.25, 0.3) is 0 Å². The zero-order valence-electron chi connectivity index (χ0n) is 11.2. The summed E-state index contributed by atoms with van der Waals surface area (Å²) in [6.45, 7) is 5.00. The molecule has 0 spiro atoms. The van der Waals surface area contributed by atoms with Crippen molar-refractivity contribution in [2.24, 2.45) is 5.73 Å². The normalized spacial score (nSPS) is 10.2. The smallest absolute Gasteiger partial charge is 0.224 e. The molecule has 100 valence electrons. The maximum absolute atomic E-state index is 11.6. The zero-order chi connectivity index (χ0) is 13.4. The van der Waals surface area contributed by atoms with E-state index in [-0.39, 0.29) is 5.91 Å². The third-order valence-electron chi connectivity index (χ3n) is 2.62. The van der Waals surface area contributed by atoms with Crippen LogP contribution in [0.5, 0.6) is 5.75 Å². The van der Waals surface area contributed by atoms with E-state index in [1.807, 2.05) is 25.1 Å². The molecule has 4 heteroatoms. The number of unbranched alkanes of at least 4 members (excludes halogenated alkanes) is 1. The Hall–Kier alpha value is -1.55. The van der Waals surface area contributed by atoms with Gasteiger partial charge in [0.1, 0.15) is 5.75 Å². The van der Waals surface area contributed by atoms with Crippen LogP contribution in [0.3, 0.4) is 0 Å². The molecule has 1 aromatic rings. The monoisotopic (exact) mass is 250 g/mol. The topological polar surface area (TPSA) is 64.3 Å². The molecule has 1 amide bonds. The average Bonchev–Trinajstić information content (AvgIpc) is 2.38. The summed E-state index contributed by atoms with van der Waals surface area (Å²) in [6, 6.07) is 5.56. The lowest BCUT2D eigenvalue weighted by atomic mass is 10.1. The van der Waals surface area contributed by atoms with Gasteiger partial charge in [-0.05, 0) is 31.5 Å². The quantitative estimate of drug-likeness (QED) is 0.782. The molecule has 0 heterocycles. The number of hydrogen-bond acceptors (Lipinski definition) is 3. The fourth-order valence-electron chi connectivity index (χ4n) is 1.67. The summed E-state index contributed by atoms with van der Waals surface area (Å²) in [7, 11) is 0. The predicted molar refractivity (Wildman–Crippen MR) is 73.7 cm³/mol. The molecule has 0 saturated carbocycles. The van der Waals surface area contributed by atoms with Crippen LogP contribution in [0.4, 0.5) is 5.69 Å². The Bertz CT molecular complexity index is 391. The SMILES string of the molecule is CCCCC(=O)Nc1ccc(OCC)c(CN)c1. The van der Waals surface area contributed by atoms with Crippen LogP contribution in [0.1, 0.15) is 38.7 Å². The van der Waals surface area contributed by atoms with Crippen LogP contribution in [-0.4, -0.2) is 12.5 Å². The number of ether oxygens (including phenoxy) is 1. The fraction of sp³-hybridized carbons (Fsp3) is 0.500. The van der Waals surface area contributed by atoms with Gasteiger partial charge in [-0.3, -0.25) is 4.79 Å². The Balaban J connectivity index is 2.69. The molecule has 0 radical (unpaired) electrons. The first-order chi connectivity index (χ1) is 8.71. The van der Waals surface area contributed by atoms with Gasteiger partial charge in [0.2, 0.25) is 5.91 Å². The second kappa shape index (κ2) is 7.71. The minimum Gasteiger partial charge on any atom is -0.494 e. The third kappa shape index (κ3) is 4.37. The highest BCUT2D eigenvalue weighted by Gasteiger charge is 2.06. The number of carbonyl (C=O) groups is 1. The number of rotatable bonds is 7. The lowest BCUT2D eigenvalue weighted by Crippen LogP contribution is -2.12. The molecule has 0 bridgehead atoms. The molecule has 4 nitrogen and oxygen atoms in total. The predicted octanol–water partition coefficient (Wildman–Crippen LogP) is 2.67. The van der Waals surface area contributed by atoms with Crippen LogP contribution in [0, 0.1) is 0 Å². The zero-order valence-corrected chi connectivity index (χ0v) is 11.2. The Morgan fingerprint density at radius 2 is 2.17 bits per heavy atom. The van der Waals surface area contributed by atoms with Gasteiger partial charge in [-0.25, -0.2) is 0 Å². The van der Waals surface area contributed by atoms with Gasteiger partial charge in [-0.2, -0.15) is 0 Å². The van der Waals surface area contributed by atoms with E-state index in [9.17, 15) is 4.79 Å². The van der Waals surface area contributed by atoms with Gasteiger partial charge in [0.05, 0.1) is 6.61 Å². The summed E-state index contributed by atoms with van der Waals surface area (Å²) in [5.41, 5.74) is 7.35. The number of carbonyl (C=O) groups excluding carboxylic acids is 1. The summed E-state index contributed by atoms with van der Waals surface area (Å²) in [5.74, 6) is 0.829. The summed E-state index contributed by atoms with van der Waals surface area (Å²) in [4.78, 5) is 11.6. The van der Waals surface area contributed by atoms with E-state index < -0.39 is 0 Å². The van der Waals surface area contributed by atoms with Gasteiger partial charge in [0, 0.05) is 24.2 Å². The second-order valence-electron chi connectivity index (χ2n) is 4.11. The summed E-state index contributed by atoms with van der Waals surface area (Å²) >= 11 is 0. The maximum Gasteiger partial charge on any atom is 0.224 e.